The van der Waals surface area contributed by atoms with Crippen molar-refractivity contribution in [1.29, 1.82) is 0 Å². The van der Waals surface area contributed by atoms with E-state index in [2.05, 4.69) is 6.08 Å². The molecule has 0 spiro atoms. The molecule has 1 aliphatic carbocycles. The summed E-state index contributed by atoms with van der Waals surface area (Å²) in [6.45, 7) is 0. The van der Waals surface area contributed by atoms with E-state index in [0.717, 1.165) is 24.8 Å². The summed E-state index contributed by atoms with van der Waals surface area (Å²) in [7, 11) is 0. The van der Waals surface area contributed by atoms with Crippen molar-refractivity contribution in [1.82, 2.24) is 0 Å². The topological polar surface area (TPSA) is 46.2 Å². The third kappa shape index (κ3) is 2.15. The Morgan fingerprint density at radius 3 is 2.93 bits per heavy atom. The summed E-state index contributed by atoms with van der Waals surface area (Å²) < 4.78 is 0. The van der Waals surface area contributed by atoms with Crippen LogP contribution >= 0.6 is 0 Å². The number of aromatic hydroxyl groups is 1. The van der Waals surface area contributed by atoms with E-state index in [0.29, 0.717) is 11.8 Å². The summed E-state index contributed by atoms with van der Waals surface area (Å²) in [4.78, 5) is 0. The summed E-state index contributed by atoms with van der Waals surface area (Å²) in [5.74, 6) is 0.321. The fourth-order valence-electron chi connectivity index (χ4n) is 1.89. The Hall–Kier alpha value is -1.28. The van der Waals surface area contributed by atoms with E-state index in [-0.39, 0.29) is 0 Å². The van der Waals surface area contributed by atoms with Gasteiger partial charge in [-0.1, -0.05) is 23.8 Å². The summed E-state index contributed by atoms with van der Waals surface area (Å²) in [6.07, 6.45) is 5.31. The molecule has 0 aromatic heterocycles. The van der Waals surface area contributed by atoms with E-state index in [1.807, 2.05) is 12.1 Å². The number of hydrogen-bond acceptors (Lipinski definition) is 2. The summed E-state index contributed by atoms with van der Waals surface area (Å²) in [5, 5.41) is 9.29. The molecule has 1 aliphatic rings. The molecule has 0 radical (unpaired) electrons. The van der Waals surface area contributed by atoms with Crippen molar-refractivity contribution < 1.29 is 5.11 Å². The molecule has 0 heterocycles. The monoisotopic (exact) mass is 189 g/mol. The Labute approximate surface area is 84.1 Å². The molecule has 0 aliphatic heterocycles. The minimum absolute atomic E-state index is 0.321. The van der Waals surface area contributed by atoms with Gasteiger partial charge in [0.15, 0.2) is 0 Å². The molecule has 0 bridgehead atoms. The second kappa shape index (κ2) is 3.84. The van der Waals surface area contributed by atoms with Crippen LogP contribution in [0.4, 0.5) is 0 Å². The lowest BCUT2D eigenvalue weighted by atomic mass is 10.1. The molecule has 1 aromatic rings. The van der Waals surface area contributed by atoms with Gasteiger partial charge in [0, 0.05) is 6.04 Å². The first-order valence-corrected chi connectivity index (χ1v) is 4.98. The molecule has 1 atom stereocenters. The minimum Gasteiger partial charge on any atom is -0.508 e. The van der Waals surface area contributed by atoms with Crippen molar-refractivity contribution >= 4 is 6.08 Å². The lowest BCUT2D eigenvalue weighted by Crippen LogP contribution is -2.13. The Morgan fingerprint density at radius 1 is 1.43 bits per heavy atom. The van der Waals surface area contributed by atoms with Crippen LogP contribution in [-0.4, -0.2) is 11.1 Å². The molecule has 2 nitrogen and oxygen atoms in total. The van der Waals surface area contributed by atoms with E-state index >= 15 is 0 Å². The van der Waals surface area contributed by atoms with Crippen LogP contribution in [0.15, 0.2) is 29.8 Å². The zero-order valence-electron chi connectivity index (χ0n) is 8.11. The maximum absolute atomic E-state index is 9.29. The fraction of sp³-hybridized carbons (Fsp3) is 0.333. The number of phenols is 1. The zero-order chi connectivity index (χ0) is 9.97. The predicted octanol–water partition coefficient (Wildman–Crippen LogP) is 2.29. The Balaban J connectivity index is 2.17. The highest BCUT2D eigenvalue weighted by Crippen LogP contribution is 2.26. The van der Waals surface area contributed by atoms with Crippen LogP contribution in [0.1, 0.15) is 24.8 Å². The van der Waals surface area contributed by atoms with Crippen LogP contribution in [0.25, 0.3) is 6.08 Å². The van der Waals surface area contributed by atoms with Crippen LogP contribution in [0.3, 0.4) is 0 Å². The van der Waals surface area contributed by atoms with Crippen LogP contribution in [-0.2, 0) is 0 Å². The van der Waals surface area contributed by atoms with Crippen LogP contribution in [0.2, 0.25) is 0 Å². The summed E-state index contributed by atoms with van der Waals surface area (Å²) in [5.41, 5.74) is 8.27. The normalized spacial score (nSPS) is 24.4. The predicted molar refractivity (Wildman–Crippen MR) is 57.9 cm³/mol. The number of phenolic OH excluding ortho intramolecular Hbond substituents is 1. The van der Waals surface area contributed by atoms with Crippen LogP contribution < -0.4 is 5.73 Å². The number of benzene rings is 1. The first-order valence-electron chi connectivity index (χ1n) is 4.98. The third-order valence-electron chi connectivity index (χ3n) is 2.60. The van der Waals surface area contributed by atoms with E-state index in [1.165, 1.54) is 5.57 Å². The van der Waals surface area contributed by atoms with E-state index in [4.69, 9.17) is 5.73 Å². The first kappa shape index (κ1) is 9.28. The number of nitrogens with two attached hydrogens (primary N) is 1. The molecular weight excluding hydrogens is 174 g/mol. The molecule has 74 valence electrons. The highest BCUT2D eigenvalue weighted by Gasteiger charge is 2.14. The lowest BCUT2D eigenvalue weighted by Gasteiger charge is -1.99. The van der Waals surface area contributed by atoms with Gasteiger partial charge < -0.3 is 10.8 Å². The minimum atomic E-state index is 0.321. The van der Waals surface area contributed by atoms with Crippen LogP contribution in [0, 0.1) is 0 Å². The molecule has 14 heavy (non-hydrogen) atoms. The van der Waals surface area contributed by atoms with Crippen molar-refractivity contribution in [2.24, 2.45) is 5.73 Å². The number of rotatable bonds is 1. The third-order valence-corrected chi connectivity index (χ3v) is 2.60. The molecule has 2 heteroatoms. The average molecular weight is 189 g/mol. The molecule has 0 saturated heterocycles. The Kier molecular flexibility index (Phi) is 2.55. The summed E-state index contributed by atoms with van der Waals surface area (Å²) in [6, 6.07) is 7.64. The summed E-state index contributed by atoms with van der Waals surface area (Å²) >= 11 is 0. The van der Waals surface area contributed by atoms with Gasteiger partial charge >= 0.3 is 0 Å². The second-order valence-electron chi connectivity index (χ2n) is 3.90. The van der Waals surface area contributed by atoms with Gasteiger partial charge in [-0.2, -0.15) is 0 Å². The van der Waals surface area contributed by atoms with Gasteiger partial charge in [0.05, 0.1) is 0 Å². The van der Waals surface area contributed by atoms with Gasteiger partial charge in [-0.15, -0.1) is 0 Å². The molecule has 3 N–H and O–H groups in total. The van der Waals surface area contributed by atoms with Crippen LogP contribution in [0.5, 0.6) is 5.75 Å². The van der Waals surface area contributed by atoms with Crippen molar-refractivity contribution in [3.05, 3.63) is 35.4 Å². The maximum Gasteiger partial charge on any atom is 0.116 e. The van der Waals surface area contributed by atoms with Gasteiger partial charge in [0.1, 0.15) is 5.75 Å². The van der Waals surface area contributed by atoms with E-state index < -0.39 is 0 Å². The van der Waals surface area contributed by atoms with Gasteiger partial charge in [0.25, 0.3) is 0 Å². The van der Waals surface area contributed by atoms with Gasteiger partial charge in [-0.25, -0.2) is 0 Å². The highest BCUT2D eigenvalue weighted by atomic mass is 16.3. The van der Waals surface area contributed by atoms with Crippen molar-refractivity contribution in [3.63, 3.8) is 0 Å². The van der Waals surface area contributed by atoms with Gasteiger partial charge in [-0.3, -0.25) is 0 Å². The second-order valence-corrected chi connectivity index (χ2v) is 3.90. The SMILES string of the molecule is NC1CC/C(=C/c2cccc(O)c2)C1. The quantitative estimate of drug-likeness (QED) is 0.712. The molecule has 1 aromatic carbocycles. The smallest absolute Gasteiger partial charge is 0.116 e. The molecule has 1 saturated carbocycles. The average Bonchev–Trinajstić information content (AvgIpc) is 2.51. The van der Waals surface area contributed by atoms with Crippen molar-refractivity contribution in [2.75, 3.05) is 0 Å². The molecule has 0 amide bonds. The van der Waals surface area contributed by atoms with Gasteiger partial charge in [-0.05, 0) is 37.0 Å². The molecule has 1 unspecified atom stereocenters. The largest absolute Gasteiger partial charge is 0.508 e. The standard InChI is InChI=1S/C12H15NO/c13-11-5-4-10(7-11)6-9-2-1-3-12(14)8-9/h1-3,6,8,11,14H,4-5,7,13H2/b10-6-. The molecule has 2 rings (SSSR count). The zero-order valence-corrected chi connectivity index (χ0v) is 8.11. The van der Waals surface area contributed by atoms with Crippen molar-refractivity contribution in [3.8, 4) is 5.75 Å². The maximum atomic E-state index is 9.29. The first-order chi connectivity index (χ1) is 6.74. The van der Waals surface area contributed by atoms with E-state index in [1.54, 1.807) is 12.1 Å². The highest BCUT2D eigenvalue weighted by molar-refractivity contribution is 5.55. The molecular formula is C12H15NO. The lowest BCUT2D eigenvalue weighted by molar-refractivity contribution is 0.475. The Morgan fingerprint density at radius 2 is 2.29 bits per heavy atom. The molecule has 1 fully saturated rings. The Bertz CT molecular complexity index is 357. The van der Waals surface area contributed by atoms with E-state index in [9.17, 15) is 5.11 Å². The van der Waals surface area contributed by atoms with Gasteiger partial charge in [0.2, 0.25) is 0 Å². The number of hydrogen-bond donors (Lipinski definition) is 2. The van der Waals surface area contributed by atoms with Crippen molar-refractivity contribution in [2.45, 2.75) is 25.3 Å². The fourth-order valence-corrected chi connectivity index (χ4v) is 1.89.